The maximum absolute atomic E-state index is 12.0. The first-order valence-electron chi connectivity index (χ1n) is 5.86. The molecule has 0 spiro atoms. The highest BCUT2D eigenvalue weighted by Crippen LogP contribution is 2.27. The Morgan fingerprint density at radius 3 is 2.95 bits per heavy atom. The highest BCUT2D eigenvalue weighted by Gasteiger charge is 2.15. The lowest BCUT2D eigenvalue weighted by atomic mass is 10.2. The number of nitro groups is 1. The summed E-state index contributed by atoms with van der Waals surface area (Å²) in [7, 11) is 0. The van der Waals surface area contributed by atoms with Crippen LogP contribution in [0.5, 0.6) is 0 Å². The molecular formula is C11H11BrN6O3. The van der Waals surface area contributed by atoms with Gasteiger partial charge in [-0.3, -0.25) is 19.6 Å². The van der Waals surface area contributed by atoms with Gasteiger partial charge in [0, 0.05) is 23.2 Å². The fraction of sp³-hybridized carbons (Fsp3) is 0.182. The molecule has 0 unspecified atom stereocenters. The van der Waals surface area contributed by atoms with Crippen LogP contribution in [-0.4, -0.2) is 32.4 Å². The Balaban J connectivity index is 2.18. The molecule has 2 aromatic rings. The zero-order valence-corrected chi connectivity index (χ0v) is 12.3. The lowest BCUT2D eigenvalue weighted by Crippen LogP contribution is -2.13. The van der Waals surface area contributed by atoms with Crippen molar-refractivity contribution < 1.29 is 9.72 Å². The van der Waals surface area contributed by atoms with Gasteiger partial charge < -0.3 is 11.1 Å². The Morgan fingerprint density at radius 2 is 2.29 bits per heavy atom. The fourth-order valence-corrected chi connectivity index (χ4v) is 1.90. The number of carbonyl (C=O) groups is 1. The molecule has 0 aliphatic carbocycles. The number of nitrogens with two attached hydrogens (primary N) is 1. The van der Waals surface area contributed by atoms with Gasteiger partial charge >= 0.3 is 0 Å². The first-order valence-corrected chi connectivity index (χ1v) is 6.66. The number of halogens is 1. The summed E-state index contributed by atoms with van der Waals surface area (Å²) in [6.45, 7) is 0.821. The van der Waals surface area contributed by atoms with Gasteiger partial charge in [-0.25, -0.2) is 0 Å². The van der Waals surface area contributed by atoms with E-state index in [0.717, 1.165) is 0 Å². The Hall–Kier alpha value is -2.33. The topological polar surface area (TPSA) is 129 Å². The smallest absolute Gasteiger partial charge is 0.277 e. The van der Waals surface area contributed by atoms with Crippen LogP contribution in [0, 0.1) is 10.1 Å². The average Bonchev–Trinajstić information content (AvgIpc) is 2.90. The standard InChI is InChI=1S/C11H11BrN6O3/c12-8-2-1-7(18(20)21)5-9(8)14-11(19)10-6-17(4-3-13)16-15-10/h1-2,5-6H,3-4,13H2,(H,14,19). The number of hydrogen-bond donors (Lipinski definition) is 2. The minimum Gasteiger partial charge on any atom is -0.329 e. The molecule has 21 heavy (non-hydrogen) atoms. The summed E-state index contributed by atoms with van der Waals surface area (Å²) in [6.07, 6.45) is 1.45. The van der Waals surface area contributed by atoms with E-state index in [0.29, 0.717) is 17.6 Å². The molecule has 0 fully saturated rings. The molecule has 0 atom stereocenters. The van der Waals surface area contributed by atoms with Crippen molar-refractivity contribution in [1.29, 1.82) is 0 Å². The molecule has 0 saturated heterocycles. The van der Waals surface area contributed by atoms with Crippen molar-refractivity contribution in [3.63, 3.8) is 0 Å². The minimum atomic E-state index is -0.542. The molecule has 1 aromatic carbocycles. The maximum atomic E-state index is 12.0. The number of carbonyl (C=O) groups excluding carboxylic acids is 1. The predicted octanol–water partition coefficient (Wildman–Crippen LogP) is 1.16. The normalized spacial score (nSPS) is 10.4. The second kappa shape index (κ2) is 6.41. The molecule has 110 valence electrons. The van der Waals surface area contributed by atoms with E-state index in [9.17, 15) is 14.9 Å². The van der Waals surface area contributed by atoms with Crippen LogP contribution in [0.15, 0.2) is 28.9 Å². The summed E-state index contributed by atoms with van der Waals surface area (Å²) in [5, 5.41) is 20.7. The van der Waals surface area contributed by atoms with Crippen molar-refractivity contribution in [3.8, 4) is 0 Å². The lowest BCUT2D eigenvalue weighted by Gasteiger charge is -2.05. The summed E-state index contributed by atoms with van der Waals surface area (Å²) in [5.41, 5.74) is 5.63. The largest absolute Gasteiger partial charge is 0.329 e. The molecule has 0 aliphatic rings. The quantitative estimate of drug-likeness (QED) is 0.612. The molecule has 1 aromatic heterocycles. The molecular weight excluding hydrogens is 344 g/mol. The molecule has 3 N–H and O–H groups in total. The summed E-state index contributed by atoms with van der Waals surface area (Å²) in [5.74, 6) is -0.514. The number of aromatic nitrogens is 3. The molecule has 2 rings (SSSR count). The number of hydrogen-bond acceptors (Lipinski definition) is 6. The number of nitrogens with zero attached hydrogens (tertiary/aromatic N) is 4. The van der Waals surface area contributed by atoms with Gasteiger partial charge in [-0.15, -0.1) is 5.10 Å². The van der Waals surface area contributed by atoms with Crippen LogP contribution in [0.3, 0.4) is 0 Å². The van der Waals surface area contributed by atoms with Crippen LogP contribution < -0.4 is 11.1 Å². The molecule has 1 amide bonds. The Labute approximate surface area is 127 Å². The molecule has 0 bridgehead atoms. The van der Waals surface area contributed by atoms with Crippen molar-refractivity contribution in [2.75, 3.05) is 11.9 Å². The van der Waals surface area contributed by atoms with Gasteiger partial charge in [0.2, 0.25) is 0 Å². The lowest BCUT2D eigenvalue weighted by molar-refractivity contribution is -0.384. The van der Waals surface area contributed by atoms with Crippen LogP contribution in [0.4, 0.5) is 11.4 Å². The summed E-state index contributed by atoms with van der Waals surface area (Å²) in [6, 6.07) is 4.07. The van der Waals surface area contributed by atoms with E-state index < -0.39 is 10.8 Å². The van der Waals surface area contributed by atoms with E-state index in [-0.39, 0.29) is 17.1 Å². The number of benzene rings is 1. The van der Waals surface area contributed by atoms with Gasteiger partial charge in [-0.1, -0.05) is 5.21 Å². The number of nitrogens with one attached hydrogen (secondary N) is 1. The third-order valence-electron chi connectivity index (χ3n) is 2.54. The fourth-order valence-electron chi connectivity index (χ4n) is 1.55. The number of non-ortho nitro benzene ring substituents is 1. The zero-order chi connectivity index (χ0) is 15.4. The highest BCUT2D eigenvalue weighted by atomic mass is 79.9. The van der Waals surface area contributed by atoms with Crippen LogP contribution in [0.25, 0.3) is 0 Å². The van der Waals surface area contributed by atoms with E-state index in [4.69, 9.17) is 5.73 Å². The number of rotatable bonds is 5. The number of nitro benzene ring substituents is 1. The first kappa shape index (κ1) is 15.1. The Bertz CT molecular complexity index is 686. The third kappa shape index (κ3) is 3.61. The SMILES string of the molecule is NCCn1cc(C(=O)Nc2cc([N+](=O)[O-])ccc2Br)nn1. The number of amides is 1. The van der Waals surface area contributed by atoms with Crippen LogP contribution in [0.2, 0.25) is 0 Å². The van der Waals surface area contributed by atoms with Crippen LogP contribution >= 0.6 is 15.9 Å². The van der Waals surface area contributed by atoms with E-state index >= 15 is 0 Å². The van der Waals surface area contributed by atoms with Gasteiger partial charge in [0.1, 0.15) is 0 Å². The number of anilines is 1. The van der Waals surface area contributed by atoms with E-state index in [1.165, 1.54) is 29.1 Å². The van der Waals surface area contributed by atoms with Gasteiger partial charge in [0.15, 0.2) is 5.69 Å². The van der Waals surface area contributed by atoms with Crippen molar-refractivity contribution in [2.45, 2.75) is 6.54 Å². The minimum absolute atomic E-state index is 0.0989. The summed E-state index contributed by atoms with van der Waals surface area (Å²) < 4.78 is 1.97. The molecule has 0 saturated carbocycles. The highest BCUT2D eigenvalue weighted by molar-refractivity contribution is 9.10. The van der Waals surface area contributed by atoms with Crippen molar-refractivity contribution in [2.24, 2.45) is 5.73 Å². The van der Waals surface area contributed by atoms with Gasteiger partial charge in [0.25, 0.3) is 11.6 Å². The zero-order valence-electron chi connectivity index (χ0n) is 10.7. The molecule has 0 aliphatic heterocycles. The van der Waals surface area contributed by atoms with Crippen LogP contribution in [0.1, 0.15) is 10.5 Å². The predicted molar refractivity (Wildman–Crippen MR) is 77.8 cm³/mol. The molecule has 0 radical (unpaired) electrons. The summed E-state index contributed by atoms with van der Waals surface area (Å²) in [4.78, 5) is 22.2. The molecule has 1 heterocycles. The first-order chi connectivity index (χ1) is 10.0. The van der Waals surface area contributed by atoms with E-state index in [1.54, 1.807) is 0 Å². The van der Waals surface area contributed by atoms with Crippen LogP contribution in [-0.2, 0) is 6.54 Å². The van der Waals surface area contributed by atoms with Crippen molar-refractivity contribution in [3.05, 3.63) is 44.7 Å². The second-order valence-corrected chi connectivity index (χ2v) is 4.89. The van der Waals surface area contributed by atoms with Gasteiger partial charge in [-0.2, -0.15) is 0 Å². The summed E-state index contributed by atoms with van der Waals surface area (Å²) >= 11 is 3.22. The van der Waals surface area contributed by atoms with Crippen molar-refractivity contribution >= 4 is 33.2 Å². The monoisotopic (exact) mass is 354 g/mol. The van der Waals surface area contributed by atoms with E-state index in [1.807, 2.05) is 0 Å². The third-order valence-corrected chi connectivity index (χ3v) is 3.23. The average molecular weight is 355 g/mol. The van der Waals surface area contributed by atoms with Crippen molar-refractivity contribution in [1.82, 2.24) is 15.0 Å². The second-order valence-electron chi connectivity index (χ2n) is 4.03. The van der Waals surface area contributed by atoms with Gasteiger partial charge in [-0.05, 0) is 22.0 Å². The maximum Gasteiger partial charge on any atom is 0.277 e. The Morgan fingerprint density at radius 1 is 1.52 bits per heavy atom. The molecule has 9 nitrogen and oxygen atoms in total. The van der Waals surface area contributed by atoms with Gasteiger partial charge in [0.05, 0.1) is 23.4 Å². The molecule has 10 heteroatoms. The van der Waals surface area contributed by atoms with E-state index in [2.05, 4.69) is 31.6 Å². The Kier molecular flexibility index (Phi) is 4.60.